The van der Waals surface area contributed by atoms with Gasteiger partial charge in [0, 0.05) is 38.9 Å². The lowest BCUT2D eigenvalue weighted by atomic mass is 10.1. The van der Waals surface area contributed by atoms with E-state index in [9.17, 15) is 13.2 Å². The molecular weight excluding hydrogens is 458 g/mol. The molecule has 2 rings (SSSR count). The maximum atomic E-state index is 12.9. The summed E-state index contributed by atoms with van der Waals surface area (Å²) in [6.45, 7) is 0.675. The Morgan fingerprint density at radius 2 is 1.88 bits per heavy atom. The second-order valence-corrected chi connectivity index (χ2v) is 5.62. The summed E-state index contributed by atoms with van der Waals surface area (Å²) in [6, 6.07) is 10.1. The third-order valence-corrected chi connectivity index (χ3v) is 3.62. The van der Waals surface area contributed by atoms with Crippen molar-refractivity contribution in [3.63, 3.8) is 0 Å². The van der Waals surface area contributed by atoms with Crippen LogP contribution in [0.25, 0.3) is 0 Å². The third-order valence-electron chi connectivity index (χ3n) is 3.62. The zero-order chi connectivity index (χ0) is 18.3. The summed E-state index contributed by atoms with van der Waals surface area (Å²) in [6.07, 6.45) is -1.29. The Labute approximate surface area is 168 Å². The predicted molar refractivity (Wildman–Crippen MR) is 107 cm³/mol. The van der Waals surface area contributed by atoms with Crippen LogP contribution in [0, 0.1) is 0 Å². The molecule has 0 saturated heterocycles. The molecule has 0 atom stereocenters. The van der Waals surface area contributed by atoms with E-state index in [-0.39, 0.29) is 36.1 Å². The summed E-state index contributed by atoms with van der Waals surface area (Å²) in [4.78, 5) is 4.03. The van der Waals surface area contributed by atoms with Crippen LogP contribution in [0.3, 0.4) is 0 Å². The first-order valence-corrected chi connectivity index (χ1v) is 7.98. The van der Waals surface area contributed by atoms with E-state index in [4.69, 9.17) is 0 Å². The van der Waals surface area contributed by atoms with E-state index in [2.05, 4.69) is 32.9 Å². The van der Waals surface area contributed by atoms with Crippen LogP contribution >= 0.6 is 24.0 Å². The Balaban J connectivity index is 0.00000338. The molecule has 144 valence electrons. The Hall–Kier alpha value is -1.78. The monoisotopic (exact) mass is 481 g/mol. The molecule has 2 aromatic rings. The molecular formula is C17H23F3IN5. The fourth-order valence-electron chi connectivity index (χ4n) is 2.45. The summed E-state index contributed by atoms with van der Waals surface area (Å²) in [5.41, 5.74) is 0.460. The highest BCUT2D eigenvalue weighted by Gasteiger charge is 2.36. The normalized spacial score (nSPS) is 11.8. The van der Waals surface area contributed by atoms with E-state index in [1.165, 1.54) is 18.8 Å². The zero-order valence-electron chi connectivity index (χ0n) is 14.7. The minimum Gasteiger partial charge on any atom is -0.356 e. The minimum atomic E-state index is -4.47. The lowest BCUT2D eigenvalue weighted by Crippen LogP contribution is -2.37. The maximum absolute atomic E-state index is 12.9. The molecule has 5 nitrogen and oxygen atoms in total. The quantitative estimate of drug-likeness (QED) is 0.288. The van der Waals surface area contributed by atoms with Gasteiger partial charge in [0.1, 0.15) is 0 Å². The summed E-state index contributed by atoms with van der Waals surface area (Å²) >= 11 is 0. The summed E-state index contributed by atoms with van der Waals surface area (Å²) in [5, 5.41) is 9.49. The lowest BCUT2D eigenvalue weighted by Gasteiger charge is -2.12. The van der Waals surface area contributed by atoms with Crippen molar-refractivity contribution in [2.24, 2.45) is 12.0 Å². The van der Waals surface area contributed by atoms with Gasteiger partial charge in [0.2, 0.25) is 0 Å². The molecule has 9 heteroatoms. The van der Waals surface area contributed by atoms with Gasteiger partial charge in [0.05, 0.1) is 0 Å². The fourth-order valence-corrected chi connectivity index (χ4v) is 2.45. The molecule has 2 N–H and O–H groups in total. The number of rotatable bonds is 6. The van der Waals surface area contributed by atoms with Crippen LogP contribution in [-0.2, 0) is 26.2 Å². The molecule has 0 aliphatic heterocycles. The molecule has 0 unspecified atom stereocenters. The highest BCUT2D eigenvalue weighted by Crippen LogP contribution is 2.30. The van der Waals surface area contributed by atoms with Crippen LogP contribution in [0.15, 0.2) is 41.5 Å². The van der Waals surface area contributed by atoms with E-state index >= 15 is 0 Å². The minimum absolute atomic E-state index is 0. The van der Waals surface area contributed by atoms with Gasteiger partial charge in [-0.3, -0.25) is 9.67 Å². The summed E-state index contributed by atoms with van der Waals surface area (Å²) < 4.78 is 39.9. The number of aromatic nitrogens is 2. The van der Waals surface area contributed by atoms with Crippen LogP contribution in [0.5, 0.6) is 0 Å². The van der Waals surface area contributed by atoms with Crippen molar-refractivity contribution in [3.8, 4) is 0 Å². The maximum Gasteiger partial charge on any atom is 0.435 e. The molecule has 0 radical (unpaired) electrons. The number of nitrogens with zero attached hydrogens (tertiary/aromatic N) is 3. The number of guanidine groups is 1. The molecule has 0 spiro atoms. The average Bonchev–Trinajstić information content (AvgIpc) is 2.96. The average molecular weight is 481 g/mol. The van der Waals surface area contributed by atoms with Gasteiger partial charge in [-0.05, 0) is 18.4 Å². The van der Waals surface area contributed by atoms with Gasteiger partial charge in [-0.15, -0.1) is 24.0 Å². The van der Waals surface area contributed by atoms with Crippen molar-refractivity contribution in [1.29, 1.82) is 0 Å². The van der Waals surface area contributed by atoms with Gasteiger partial charge < -0.3 is 10.6 Å². The number of alkyl halides is 3. The molecule has 0 fully saturated rings. The molecule has 0 bridgehead atoms. The first kappa shape index (κ1) is 22.3. The van der Waals surface area contributed by atoms with Crippen LogP contribution < -0.4 is 10.6 Å². The number of hydrogen-bond donors (Lipinski definition) is 2. The Bertz CT molecular complexity index is 698. The predicted octanol–water partition coefficient (Wildman–Crippen LogP) is 3.35. The van der Waals surface area contributed by atoms with Crippen molar-refractivity contribution in [1.82, 2.24) is 20.4 Å². The van der Waals surface area contributed by atoms with Crippen molar-refractivity contribution in [2.75, 3.05) is 13.6 Å². The van der Waals surface area contributed by atoms with E-state index in [1.807, 2.05) is 18.2 Å². The number of benzene rings is 1. The zero-order valence-corrected chi connectivity index (χ0v) is 17.0. The van der Waals surface area contributed by atoms with E-state index in [0.29, 0.717) is 12.5 Å². The van der Waals surface area contributed by atoms with Gasteiger partial charge in [-0.25, -0.2) is 0 Å². The molecule has 1 aromatic heterocycles. The van der Waals surface area contributed by atoms with Crippen LogP contribution in [0.2, 0.25) is 0 Å². The molecule has 0 saturated carbocycles. The van der Waals surface area contributed by atoms with Crippen molar-refractivity contribution >= 4 is 29.9 Å². The van der Waals surface area contributed by atoms with Gasteiger partial charge in [0.15, 0.2) is 11.7 Å². The highest BCUT2D eigenvalue weighted by molar-refractivity contribution is 14.0. The Kier molecular flexibility index (Phi) is 8.89. The second kappa shape index (κ2) is 10.4. The number of nitrogens with one attached hydrogen (secondary N) is 2. The first-order chi connectivity index (χ1) is 11.9. The van der Waals surface area contributed by atoms with Gasteiger partial charge >= 0.3 is 6.18 Å². The van der Waals surface area contributed by atoms with Gasteiger partial charge in [-0.1, -0.05) is 30.3 Å². The number of hydrogen-bond acceptors (Lipinski definition) is 2. The standard InChI is InChI=1S/C17H22F3N5.HI/c1-21-16(22-10-6-9-13-7-4-3-5-8-13)23-11-14-12-25(2)24-15(14)17(18,19)20;/h3-5,7-8,12H,6,9-11H2,1-2H3,(H2,21,22,23);1H. The topological polar surface area (TPSA) is 54.2 Å². The van der Waals surface area contributed by atoms with Crippen LogP contribution in [0.1, 0.15) is 23.2 Å². The Morgan fingerprint density at radius 3 is 2.50 bits per heavy atom. The molecule has 26 heavy (non-hydrogen) atoms. The number of aliphatic imine (C=N–C) groups is 1. The van der Waals surface area contributed by atoms with Crippen LogP contribution in [-0.4, -0.2) is 29.3 Å². The van der Waals surface area contributed by atoms with Crippen molar-refractivity contribution < 1.29 is 13.2 Å². The molecule has 0 amide bonds. The fraction of sp³-hybridized carbons (Fsp3) is 0.412. The molecule has 0 aliphatic carbocycles. The van der Waals surface area contributed by atoms with E-state index in [0.717, 1.165) is 17.5 Å². The SMILES string of the molecule is CN=C(NCCCc1ccccc1)NCc1cn(C)nc1C(F)(F)F.I. The summed E-state index contributed by atoms with van der Waals surface area (Å²) in [5.74, 6) is 0.463. The first-order valence-electron chi connectivity index (χ1n) is 7.98. The lowest BCUT2D eigenvalue weighted by molar-refractivity contribution is -0.142. The number of halogens is 4. The van der Waals surface area contributed by atoms with E-state index < -0.39 is 11.9 Å². The van der Waals surface area contributed by atoms with Crippen LogP contribution in [0.4, 0.5) is 13.2 Å². The third kappa shape index (κ3) is 6.85. The largest absolute Gasteiger partial charge is 0.435 e. The second-order valence-electron chi connectivity index (χ2n) is 5.62. The van der Waals surface area contributed by atoms with E-state index in [1.54, 1.807) is 7.05 Å². The molecule has 0 aliphatic rings. The smallest absolute Gasteiger partial charge is 0.356 e. The Morgan fingerprint density at radius 1 is 1.19 bits per heavy atom. The summed E-state index contributed by atoms with van der Waals surface area (Å²) in [7, 11) is 3.05. The number of aryl methyl sites for hydroxylation is 2. The van der Waals surface area contributed by atoms with Crippen molar-refractivity contribution in [2.45, 2.75) is 25.6 Å². The van der Waals surface area contributed by atoms with Gasteiger partial charge in [-0.2, -0.15) is 18.3 Å². The molecule has 1 aromatic carbocycles. The highest BCUT2D eigenvalue weighted by atomic mass is 127. The van der Waals surface area contributed by atoms with Gasteiger partial charge in [0.25, 0.3) is 0 Å². The van der Waals surface area contributed by atoms with Crippen molar-refractivity contribution in [3.05, 3.63) is 53.3 Å². The molecule has 1 heterocycles.